The maximum atomic E-state index is 14.6. The summed E-state index contributed by atoms with van der Waals surface area (Å²) in [5.41, 5.74) is -2.77. The van der Waals surface area contributed by atoms with Crippen molar-refractivity contribution < 1.29 is 56.7 Å². The number of hydrogen-bond donors (Lipinski definition) is 1. The number of benzene rings is 3. The number of ether oxygens (including phenoxy) is 7. The summed E-state index contributed by atoms with van der Waals surface area (Å²) in [6, 6.07) is 24.1. The molecular weight excluding hydrogens is 1160 g/mol. The summed E-state index contributed by atoms with van der Waals surface area (Å²) in [5.74, 6) is -0.193. The number of para-hydroxylation sites is 2. The molecule has 24 heteroatoms. The molecule has 11 rings (SSSR count). The van der Waals surface area contributed by atoms with E-state index in [1.807, 2.05) is 78.9 Å². The van der Waals surface area contributed by atoms with Crippen molar-refractivity contribution in [1.29, 1.82) is 0 Å². The Morgan fingerprint density at radius 3 is 1.44 bits per heavy atom. The van der Waals surface area contributed by atoms with Gasteiger partial charge in [-0.25, -0.2) is 38.3 Å². The molecule has 2 atom stereocenters. The molecule has 2 aliphatic heterocycles. The molecule has 0 spiro atoms. The molecule has 0 saturated carbocycles. The van der Waals surface area contributed by atoms with Crippen LogP contribution in [0, 0.1) is 13.8 Å². The first-order chi connectivity index (χ1) is 41.8. The van der Waals surface area contributed by atoms with Crippen LogP contribution in [-0.2, 0) is 64.0 Å². The molecule has 0 radical (unpaired) electrons. The van der Waals surface area contributed by atoms with E-state index in [0.717, 1.165) is 25.8 Å². The number of hydrogen-bond acceptors (Lipinski definition) is 19. The van der Waals surface area contributed by atoms with Gasteiger partial charge in [0.25, 0.3) is 11.1 Å². The third-order valence-corrected chi connectivity index (χ3v) is 18.4. The number of oxazole rings is 2. The summed E-state index contributed by atoms with van der Waals surface area (Å²) >= 11 is 2.43. The highest BCUT2D eigenvalue weighted by molar-refractivity contribution is 7.22. The molecule has 0 bridgehead atoms. The number of carbonyl (C=O) groups is 2. The number of aliphatic carboxylic acids is 1. The van der Waals surface area contributed by atoms with Crippen LogP contribution in [0.3, 0.4) is 0 Å². The van der Waals surface area contributed by atoms with Gasteiger partial charge in [-0.2, -0.15) is 0 Å². The van der Waals surface area contributed by atoms with Crippen molar-refractivity contribution in [2.45, 2.75) is 122 Å². The first-order valence-corrected chi connectivity index (χ1v) is 30.0. The summed E-state index contributed by atoms with van der Waals surface area (Å²) < 4.78 is 57.2. The van der Waals surface area contributed by atoms with Crippen molar-refractivity contribution in [2.75, 3.05) is 40.6 Å². The first kappa shape index (κ1) is 61.8. The Morgan fingerprint density at radius 1 is 0.621 bits per heavy atom. The Balaban J connectivity index is 0.000000195. The Labute approximate surface area is 507 Å². The quantitative estimate of drug-likeness (QED) is 0.0696. The summed E-state index contributed by atoms with van der Waals surface area (Å²) in [7, 11) is 3.15. The molecule has 2 aliphatic rings. The zero-order valence-electron chi connectivity index (χ0n) is 49.5. The van der Waals surface area contributed by atoms with Crippen molar-refractivity contribution in [3.8, 4) is 33.0 Å². The normalized spacial score (nSPS) is 15.0. The number of methoxy groups -OCH3 is 2. The Morgan fingerprint density at radius 2 is 1.03 bits per heavy atom. The van der Waals surface area contributed by atoms with Gasteiger partial charge >= 0.3 is 23.3 Å². The molecule has 0 amide bonds. The topological polar surface area (TPSA) is 259 Å². The van der Waals surface area contributed by atoms with E-state index in [2.05, 4.69) is 9.97 Å². The predicted octanol–water partition coefficient (Wildman–Crippen LogP) is 9.57. The molecule has 2 saturated heterocycles. The number of carboxylic acids is 1. The fourth-order valence-electron chi connectivity index (χ4n) is 10.9. The van der Waals surface area contributed by atoms with Crippen LogP contribution < -0.4 is 32.0 Å². The van der Waals surface area contributed by atoms with Gasteiger partial charge in [0.1, 0.15) is 63.6 Å². The zero-order chi connectivity index (χ0) is 61.7. The lowest BCUT2D eigenvalue weighted by Gasteiger charge is -2.30. The van der Waals surface area contributed by atoms with Crippen LogP contribution in [0.2, 0.25) is 0 Å². The predicted molar refractivity (Wildman–Crippen MR) is 325 cm³/mol. The van der Waals surface area contributed by atoms with E-state index in [1.165, 1.54) is 84.4 Å². The van der Waals surface area contributed by atoms with E-state index in [-0.39, 0.29) is 42.7 Å². The van der Waals surface area contributed by atoms with Crippen LogP contribution in [0.5, 0.6) is 11.5 Å². The van der Waals surface area contributed by atoms with E-state index in [4.69, 9.17) is 42.0 Å². The van der Waals surface area contributed by atoms with E-state index >= 15 is 0 Å². The fraction of sp³-hybridized carbons (Fsp3) is 0.397. The number of aromatic nitrogens is 6. The fourth-order valence-corrected chi connectivity index (χ4v) is 13.4. The number of fused-ring (bicyclic) bond motifs is 2. The highest BCUT2D eigenvalue weighted by Crippen LogP contribution is 2.40. The van der Waals surface area contributed by atoms with Gasteiger partial charge in [-0.1, -0.05) is 66.7 Å². The SMILES string of the molecule is COc1ccccc1[C@H](Cn1c(=O)n(C(C)(C)C(=O)O)c(=O)c2c(C)c(-c3ncco3)sc21)OC1CCOCC1.COc1ccccc1[C@H](Cn1c(=O)n(C(C)(C)C(=O)OCc2ccccc2)c(=O)c2c(C)c(-c3ncco3)sc21)OC1CCOCC1. The minimum absolute atomic E-state index is 0.00506. The lowest BCUT2D eigenvalue weighted by molar-refractivity contribution is -0.154. The Kier molecular flexibility index (Phi) is 18.7. The smallest absolute Gasteiger partial charge is 0.333 e. The standard InChI is InChI=1S/C35H37N3O8S.C28H31N3O8S/c1-22-28-31(39)38(35(2,3)33(40)45-21-23-10-6-5-7-11-23)34(41)37(32(28)47-29(22)30-36-16-19-44-30)20-27(46-24-14-17-43-18-15-24)25-12-8-9-13-26(25)42-4;1-16-21-24(32)31(28(2,3)26(33)34)27(35)30(25(21)40-22(16)23-29-11-14-38-23)15-20(39-17-9-12-37-13-10-17)18-7-5-6-8-19(18)36-4/h5-13,16,19,24,27H,14-15,17-18,20-21H2,1-4H3;5-8,11,14,17,20H,9-10,12-13,15H2,1-4H3,(H,33,34)/t27-;20-/m00/s1. The number of aryl methyl sites for hydroxylation is 2. The largest absolute Gasteiger partial charge is 0.496 e. The number of nitrogens with zero attached hydrogens (tertiary/aromatic N) is 6. The molecule has 2 fully saturated rings. The van der Waals surface area contributed by atoms with E-state index < -0.39 is 57.7 Å². The molecule has 3 aromatic carbocycles. The highest BCUT2D eigenvalue weighted by atomic mass is 32.1. The first-order valence-electron chi connectivity index (χ1n) is 28.4. The van der Waals surface area contributed by atoms with Crippen LogP contribution in [0.25, 0.3) is 42.0 Å². The maximum absolute atomic E-state index is 14.6. The molecule has 1 N–H and O–H groups in total. The van der Waals surface area contributed by atoms with Crippen molar-refractivity contribution >= 4 is 55.0 Å². The minimum atomic E-state index is -1.82. The average molecular weight is 1230 g/mol. The van der Waals surface area contributed by atoms with Crippen molar-refractivity contribution in [3.63, 3.8) is 0 Å². The monoisotopic (exact) mass is 1230 g/mol. The lowest BCUT2D eigenvalue weighted by Crippen LogP contribution is -2.53. The van der Waals surface area contributed by atoms with Crippen LogP contribution in [-0.4, -0.2) is 98.1 Å². The molecule has 22 nitrogen and oxygen atoms in total. The maximum Gasteiger partial charge on any atom is 0.333 e. The number of esters is 1. The molecule has 0 aliphatic carbocycles. The third kappa shape index (κ3) is 12.5. The Hall–Kier alpha value is -8.26. The minimum Gasteiger partial charge on any atom is -0.496 e. The highest BCUT2D eigenvalue weighted by Gasteiger charge is 2.40. The second-order valence-electron chi connectivity index (χ2n) is 22.1. The molecule has 458 valence electrons. The van der Waals surface area contributed by atoms with Gasteiger partial charge in [0.05, 0.1) is 72.4 Å². The van der Waals surface area contributed by atoms with Gasteiger partial charge < -0.3 is 47.1 Å². The molecule has 0 unspecified atom stereocenters. The number of carbonyl (C=O) groups excluding carboxylic acids is 1. The zero-order valence-corrected chi connectivity index (χ0v) is 51.1. The summed E-state index contributed by atoms with van der Waals surface area (Å²) in [6.07, 6.45) is 7.15. The van der Waals surface area contributed by atoms with Crippen LogP contribution in [0.4, 0.5) is 0 Å². The van der Waals surface area contributed by atoms with Crippen molar-refractivity contribution in [1.82, 2.24) is 28.2 Å². The van der Waals surface area contributed by atoms with Gasteiger partial charge in [0, 0.05) is 37.6 Å². The number of rotatable bonds is 20. The van der Waals surface area contributed by atoms with Crippen LogP contribution >= 0.6 is 22.7 Å². The second kappa shape index (κ2) is 26.4. The number of carboxylic acid groups (broad SMARTS) is 1. The number of thiophene rings is 2. The van der Waals surface area contributed by atoms with Gasteiger partial charge in [-0.15, -0.1) is 22.7 Å². The third-order valence-electron chi connectivity index (χ3n) is 15.8. The molecule has 6 aromatic heterocycles. The van der Waals surface area contributed by atoms with Gasteiger partial charge in [0.2, 0.25) is 11.8 Å². The van der Waals surface area contributed by atoms with E-state index in [1.54, 1.807) is 28.1 Å². The average Bonchev–Trinajstić information content (AvgIpc) is 1.70. The van der Waals surface area contributed by atoms with Gasteiger partial charge in [-0.3, -0.25) is 18.7 Å². The molecule has 8 heterocycles. The second-order valence-corrected chi connectivity index (χ2v) is 24.1. The lowest BCUT2D eigenvalue weighted by atomic mass is 10.0. The summed E-state index contributed by atoms with van der Waals surface area (Å²) in [4.78, 5) is 93.3. The molecule has 87 heavy (non-hydrogen) atoms. The van der Waals surface area contributed by atoms with Crippen LogP contribution in [0.1, 0.15) is 93.4 Å². The molecule has 9 aromatic rings. The Bertz CT molecular complexity index is 4150. The van der Waals surface area contributed by atoms with Crippen molar-refractivity contribution in [2.24, 2.45) is 0 Å². The van der Waals surface area contributed by atoms with E-state index in [9.17, 15) is 33.9 Å². The van der Waals surface area contributed by atoms with Gasteiger partial charge in [-0.05, 0) is 96.0 Å². The van der Waals surface area contributed by atoms with Crippen molar-refractivity contribution in [3.05, 3.63) is 173 Å². The summed E-state index contributed by atoms with van der Waals surface area (Å²) in [5, 5.41) is 10.5. The van der Waals surface area contributed by atoms with E-state index in [0.29, 0.717) is 106 Å². The van der Waals surface area contributed by atoms with Crippen LogP contribution in [0.15, 0.2) is 132 Å². The molecular formula is C63H68N6O16S2. The van der Waals surface area contributed by atoms with Gasteiger partial charge in [0.15, 0.2) is 0 Å². The summed E-state index contributed by atoms with van der Waals surface area (Å²) in [6.45, 7) is 11.5.